The van der Waals surface area contributed by atoms with Crippen molar-refractivity contribution in [3.05, 3.63) is 41.1 Å². The molecule has 68 valence electrons. The second-order valence-electron chi connectivity index (χ2n) is 3.84. The van der Waals surface area contributed by atoms with E-state index in [1.54, 1.807) is 0 Å². The minimum absolute atomic E-state index is 0.528. The molecule has 1 aliphatic carbocycles. The molecule has 0 spiro atoms. The lowest BCUT2D eigenvalue weighted by atomic mass is 10.1. The first-order valence-corrected chi connectivity index (χ1v) is 4.81. The molecule has 0 saturated carbocycles. The lowest BCUT2D eigenvalue weighted by molar-refractivity contribution is 0.662. The van der Waals surface area contributed by atoms with Gasteiger partial charge in [-0.15, -0.1) is 0 Å². The Morgan fingerprint density at radius 3 is 2.69 bits per heavy atom. The van der Waals surface area contributed by atoms with Crippen LogP contribution in [0.1, 0.15) is 25.0 Å². The molecule has 1 aromatic carbocycles. The molecule has 1 nitrogen and oxygen atoms in total. The molecule has 1 heteroatoms. The van der Waals surface area contributed by atoms with Crippen molar-refractivity contribution in [3.8, 4) is 0 Å². The largest absolute Gasteiger partial charge is 0.386 e. The van der Waals surface area contributed by atoms with Crippen molar-refractivity contribution in [1.82, 2.24) is 5.32 Å². The summed E-state index contributed by atoms with van der Waals surface area (Å²) in [6.07, 6.45) is 3.31. The highest BCUT2D eigenvalue weighted by Gasteiger charge is 2.11. The second kappa shape index (κ2) is 3.25. The minimum atomic E-state index is 0.528. The van der Waals surface area contributed by atoms with E-state index < -0.39 is 0 Å². The molecule has 0 heterocycles. The van der Waals surface area contributed by atoms with Crippen molar-refractivity contribution >= 4 is 6.08 Å². The number of fused-ring (bicyclic) bond motifs is 1. The monoisotopic (exact) mass is 173 g/mol. The number of nitrogens with one attached hydrogen (secondary N) is 1. The average Bonchev–Trinajstić information content (AvgIpc) is 2.44. The van der Waals surface area contributed by atoms with E-state index in [0.717, 1.165) is 6.42 Å². The van der Waals surface area contributed by atoms with Crippen LogP contribution < -0.4 is 5.32 Å². The molecule has 0 aromatic heterocycles. The summed E-state index contributed by atoms with van der Waals surface area (Å²) < 4.78 is 0. The third-order valence-corrected chi connectivity index (χ3v) is 2.24. The molecule has 13 heavy (non-hydrogen) atoms. The molecule has 0 amide bonds. The summed E-state index contributed by atoms with van der Waals surface area (Å²) in [4.78, 5) is 0. The van der Waals surface area contributed by atoms with E-state index in [2.05, 4.69) is 49.5 Å². The number of hydrogen-bond acceptors (Lipinski definition) is 1. The maximum atomic E-state index is 3.45. The van der Waals surface area contributed by atoms with Gasteiger partial charge in [-0.1, -0.05) is 24.3 Å². The van der Waals surface area contributed by atoms with Crippen LogP contribution >= 0.6 is 0 Å². The van der Waals surface area contributed by atoms with Gasteiger partial charge >= 0.3 is 0 Å². The van der Waals surface area contributed by atoms with Crippen molar-refractivity contribution < 1.29 is 0 Å². The predicted molar refractivity (Wildman–Crippen MR) is 56.4 cm³/mol. The third-order valence-electron chi connectivity index (χ3n) is 2.24. The zero-order valence-electron chi connectivity index (χ0n) is 8.17. The standard InChI is InChI=1S/C12H15N/c1-9(2)13-12-7-10-5-3-4-6-11(10)8-12/h3-7,9,13H,8H2,1-2H3. The van der Waals surface area contributed by atoms with E-state index in [-0.39, 0.29) is 0 Å². The van der Waals surface area contributed by atoms with Gasteiger partial charge in [0.25, 0.3) is 0 Å². The van der Waals surface area contributed by atoms with Crippen LogP contribution in [0.15, 0.2) is 30.0 Å². The first-order chi connectivity index (χ1) is 6.25. The molecule has 1 aromatic rings. The average molecular weight is 173 g/mol. The van der Waals surface area contributed by atoms with Gasteiger partial charge in [0.05, 0.1) is 0 Å². The van der Waals surface area contributed by atoms with Crippen molar-refractivity contribution in [2.45, 2.75) is 26.3 Å². The number of hydrogen-bond donors (Lipinski definition) is 1. The quantitative estimate of drug-likeness (QED) is 0.724. The van der Waals surface area contributed by atoms with Gasteiger partial charge in [0, 0.05) is 18.2 Å². The van der Waals surface area contributed by atoms with Gasteiger partial charge in [-0.3, -0.25) is 0 Å². The van der Waals surface area contributed by atoms with Crippen molar-refractivity contribution in [1.29, 1.82) is 0 Å². The fraction of sp³-hybridized carbons (Fsp3) is 0.333. The van der Waals surface area contributed by atoms with Crippen molar-refractivity contribution in [2.75, 3.05) is 0 Å². The Morgan fingerprint density at radius 1 is 1.23 bits per heavy atom. The molecule has 0 saturated heterocycles. The molecule has 0 bridgehead atoms. The Labute approximate surface area is 79.5 Å². The highest BCUT2D eigenvalue weighted by atomic mass is 14.9. The zero-order valence-corrected chi connectivity index (χ0v) is 8.17. The Balaban J connectivity index is 2.17. The van der Waals surface area contributed by atoms with Crippen LogP contribution in [0.4, 0.5) is 0 Å². The van der Waals surface area contributed by atoms with Crippen LogP contribution in [0.2, 0.25) is 0 Å². The van der Waals surface area contributed by atoms with Gasteiger partial charge < -0.3 is 5.32 Å². The Morgan fingerprint density at radius 2 is 2.00 bits per heavy atom. The summed E-state index contributed by atoms with van der Waals surface area (Å²) >= 11 is 0. The van der Waals surface area contributed by atoms with Gasteiger partial charge in [0.15, 0.2) is 0 Å². The number of allylic oxidation sites excluding steroid dienone is 1. The predicted octanol–water partition coefficient (Wildman–Crippen LogP) is 2.58. The van der Waals surface area contributed by atoms with Crippen LogP contribution in [-0.2, 0) is 6.42 Å². The van der Waals surface area contributed by atoms with E-state index in [9.17, 15) is 0 Å². The van der Waals surface area contributed by atoms with Crippen LogP contribution in [0, 0.1) is 0 Å². The third kappa shape index (κ3) is 1.74. The summed E-state index contributed by atoms with van der Waals surface area (Å²) in [7, 11) is 0. The van der Waals surface area contributed by atoms with Gasteiger partial charge in [-0.2, -0.15) is 0 Å². The highest BCUT2D eigenvalue weighted by Crippen LogP contribution is 2.22. The van der Waals surface area contributed by atoms with Crippen molar-refractivity contribution in [2.24, 2.45) is 0 Å². The highest BCUT2D eigenvalue weighted by molar-refractivity contribution is 5.63. The molecule has 0 aliphatic heterocycles. The van der Waals surface area contributed by atoms with E-state index in [1.807, 2.05) is 0 Å². The molecule has 0 radical (unpaired) electrons. The lowest BCUT2D eigenvalue weighted by Crippen LogP contribution is -2.21. The van der Waals surface area contributed by atoms with Gasteiger partial charge in [0.1, 0.15) is 0 Å². The normalized spacial score (nSPS) is 14.2. The summed E-state index contributed by atoms with van der Waals surface area (Å²) in [6.45, 7) is 4.34. The molecule has 0 fully saturated rings. The summed E-state index contributed by atoms with van der Waals surface area (Å²) in [5, 5.41) is 3.45. The lowest BCUT2D eigenvalue weighted by Gasteiger charge is -2.09. The fourth-order valence-electron chi connectivity index (χ4n) is 1.74. The van der Waals surface area contributed by atoms with Crippen LogP contribution in [-0.4, -0.2) is 6.04 Å². The topological polar surface area (TPSA) is 12.0 Å². The Hall–Kier alpha value is -1.24. The van der Waals surface area contributed by atoms with E-state index in [4.69, 9.17) is 0 Å². The Bertz CT molecular complexity index is 337. The maximum absolute atomic E-state index is 3.45. The fourth-order valence-corrected chi connectivity index (χ4v) is 1.74. The molecule has 1 N–H and O–H groups in total. The maximum Gasteiger partial charge on any atom is 0.0201 e. The zero-order chi connectivity index (χ0) is 9.26. The van der Waals surface area contributed by atoms with Gasteiger partial charge in [-0.05, 0) is 31.1 Å². The number of rotatable bonds is 2. The van der Waals surface area contributed by atoms with Crippen LogP contribution in [0.5, 0.6) is 0 Å². The SMILES string of the molecule is CC(C)NC1=Cc2ccccc2C1. The van der Waals surface area contributed by atoms with Gasteiger partial charge in [0.2, 0.25) is 0 Å². The molecular weight excluding hydrogens is 158 g/mol. The second-order valence-corrected chi connectivity index (χ2v) is 3.84. The van der Waals surface area contributed by atoms with Crippen LogP contribution in [0.3, 0.4) is 0 Å². The molecule has 0 unspecified atom stereocenters. The molecule has 2 rings (SSSR count). The molecule has 0 atom stereocenters. The van der Waals surface area contributed by atoms with E-state index in [0.29, 0.717) is 6.04 Å². The summed E-state index contributed by atoms with van der Waals surface area (Å²) in [5.74, 6) is 0. The first-order valence-electron chi connectivity index (χ1n) is 4.81. The van der Waals surface area contributed by atoms with Crippen LogP contribution in [0.25, 0.3) is 6.08 Å². The van der Waals surface area contributed by atoms with E-state index in [1.165, 1.54) is 16.8 Å². The minimum Gasteiger partial charge on any atom is -0.386 e. The summed E-state index contributed by atoms with van der Waals surface area (Å²) in [6, 6.07) is 9.09. The first kappa shape index (κ1) is 8.36. The Kier molecular flexibility index (Phi) is 2.09. The number of benzene rings is 1. The van der Waals surface area contributed by atoms with Crippen molar-refractivity contribution in [3.63, 3.8) is 0 Å². The van der Waals surface area contributed by atoms with E-state index >= 15 is 0 Å². The van der Waals surface area contributed by atoms with Gasteiger partial charge in [-0.25, -0.2) is 0 Å². The summed E-state index contributed by atoms with van der Waals surface area (Å²) in [5.41, 5.74) is 4.15. The smallest absolute Gasteiger partial charge is 0.0201 e. The molecule has 1 aliphatic rings. The molecular formula is C12H15N.